The van der Waals surface area contributed by atoms with E-state index in [0.717, 1.165) is 12.1 Å². The lowest BCUT2D eigenvalue weighted by atomic mass is 9.95. The van der Waals surface area contributed by atoms with Crippen molar-refractivity contribution in [3.8, 4) is 5.69 Å². The largest absolute Gasteiger partial charge is 0.388 e. The quantitative estimate of drug-likeness (QED) is 0.825. The number of aromatic nitrogens is 2. The molecule has 0 bridgehead atoms. The molecule has 1 aromatic heterocycles. The van der Waals surface area contributed by atoms with Crippen LogP contribution in [-0.4, -0.2) is 32.9 Å². The predicted molar refractivity (Wildman–Crippen MR) is 90.6 cm³/mol. The molecule has 0 radical (unpaired) electrons. The van der Waals surface area contributed by atoms with Crippen molar-refractivity contribution in [3.05, 3.63) is 48.3 Å². The molecule has 1 unspecified atom stereocenters. The third-order valence-electron chi connectivity index (χ3n) is 3.77. The minimum atomic E-state index is -0.889. The molecule has 2 rings (SSSR count). The highest BCUT2D eigenvalue weighted by Crippen LogP contribution is 2.16. The third-order valence-corrected chi connectivity index (χ3v) is 3.77. The second-order valence-corrected chi connectivity index (χ2v) is 6.61. The number of nitrogens with zero attached hydrogens (tertiary/aromatic N) is 2. The number of hydrogen-bond acceptors (Lipinski definition) is 3. The number of amides is 1. The number of benzene rings is 1. The maximum Gasteiger partial charge on any atom is 0.251 e. The van der Waals surface area contributed by atoms with Gasteiger partial charge in [0.25, 0.3) is 5.91 Å². The van der Waals surface area contributed by atoms with Crippen molar-refractivity contribution in [3.63, 3.8) is 0 Å². The second kappa shape index (κ2) is 7.42. The molecule has 0 saturated heterocycles. The lowest BCUT2D eigenvalue weighted by Gasteiger charge is -2.24. The van der Waals surface area contributed by atoms with Gasteiger partial charge in [-0.05, 0) is 49.9 Å². The average molecular weight is 315 g/mol. The summed E-state index contributed by atoms with van der Waals surface area (Å²) in [6.45, 7) is 6.24. The summed E-state index contributed by atoms with van der Waals surface area (Å²) in [6, 6.07) is 9.08. The van der Waals surface area contributed by atoms with Gasteiger partial charge in [-0.15, -0.1) is 0 Å². The molecule has 1 heterocycles. The molecule has 0 fully saturated rings. The van der Waals surface area contributed by atoms with Crippen LogP contribution in [0.3, 0.4) is 0 Å². The Hall–Kier alpha value is -2.14. The topological polar surface area (TPSA) is 67.2 Å². The smallest absolute Gasteiger partial charge is 0.251 e. The first kappa shape index (κ1) is 17.2. The van der Waals surface area contributed by atoms with E-state index >= 15 is 0 Å². The fraction of sp³-hybridized carbons (Fsp3) is 0.444. The van der Waals surface area contributed by atoms with Crippen LogP contribution in [0.5, 0.6) is 0 Å². The summed E-state index contributed by atoms with van der Waals surface area (Å²) in [5.41, 5.74) is 0.492. The Balaban J connectivity index is 1.97. The van der Waals surface area contributed by atoms with E-state index in [2.05, 4.69) is 24.3 Å². The van der Waals surface area contributed by atoms with Gasteiger partial charge in [-0.1, -0.05) is 19.9 Å². The van der Waals surface area contributed by atoms with Crippen LogP contribution in [0.4, 0.5) is 0 Å². The Kier molecular flexibility index (Phi) is 5.55. The zero-order valence-corrected chi connectivity index (χ0v) is 14.0. The van der Waals surface area contributed by atoms with Crippen LogP contribution >= 0.6 is 0 Å². The van der Waals surface area contributed by atoms with Gasteiger partial charge in [0.1, 0.15) is 0 Å². The van der Waals surface area contributed by atoms with Crippen molar-refractivity contribution >= 4 is 5.91 Å². The van der Waals surface area contributed by atoms with E-state index in [9.17, 15) is 9.90 Å². The molecule has 5 nitrogen and oxygen atoms in total. The van der Waals surface area contributed by atoms with E-state index < -0.39 is 5.60 Å². The van der Waals surface area contributed by atoms with Gasteiger partial charge >= 0.3 is 0 Å². The number of hydrogen-bond donors (Lipinski definition) is 2. The van der Waals surface area contributed by atoms with Crippen molar-refractivity contribution in [2.75, 3.05) is 6.54 Å². The molecule has 0 spiro atoms. The fourth-order valence-electron chi connectivity index (χ4n) is 2.27. The zero-order chi connectivity index (χ0) is 16.9. The van der Waals surface area contributed by atoms with Gasteiger partial charge in [0.2, 0.25) is 0 Å². The van der Waals surface area contributed by atoms with E-state index in [0.29, 0.717) is 17.9 Å². The molecule has 0 aliphatic heterocycles. The molecule has 1 amide bonds. The van der Waals surface area contributed by atoms with Crippen molar-refractivity contribution in [2.24, 2.45) is 5.92 Å². The van der Waals surface area contributed by atoms with Gasteiger partial charge in [0.15, 0.2) is 0 Å². The number of carbonyl (C=O) groups is 1. The predicted octanol–water partition coefficient (Wildman–Crippen LogP) is 2.79. The first-order valence-corrected chi connectivity index (χ1v) is 7.98. The van der Waals surface area contributed by atoms with E-state index in [4.69, 9.17) is 0 Å². The summed E-state index contributed by atoms with van der Waals surface area (Å²) in [6.07, 6.45) is 5.11. The summed E-state index contributed by atoms with van der Waals surface area (Å²) >= 11 is 0. The molecule has 5 heteroatoms. The lowest BCUT2D eigenvalue weighted by Crippen LogP contribution is -2.40. The van der Waals surface area contributed by atoms with Crippen LogP contribution in [0.2, 0.25) is 0 Å². The first-order chi connectivity index (χ1) is 10.9. The Bertz CT molecular complexity index is 633. The van der Waals surface area contributed by atoms with Crippen LogP contribution < -0.4 is 5.32 Å². The van der Waals surface area contributed by atoms with Gasteiger partial charge in [-0.25, -0.2) is 4.68 Å². The van der Waals surface area contributed by atoms with Crippen LogP contribution in [0.1, 0.15) is 44.0 Å². The SMILES string of the molecule is CC(C)CCC(C)(O)CNC(=O)c1cccc(-n2cccn2)c1. The first-order valence-electron chi connectivity index (χ1n) is 7.98. The average Bonchev–Trinajstić information content (AvgIpc) is 3.05. The maximum atomic E-state index is 12.3. The van der Waals surface area contributed by atoms with Crippen molar-refractivity contribution < 1.29 is 9.90 Å². The van der Waals surface area contributed by atoms with E-state index in [1.807, 2.05) is 24.4 Å². The third kappa shape index (κ3) is 5.21. The highest BCUT2D eigenvalue weighted by atomic mass is 16.3. The molecule has 0 aliphatic carbocycles. The molecule has 2 aromatic rings. The minimum Gasteiger partial charge on any atom is -0.388 e. The highest BCUT2D eigenvalue weighted by Gasteiger charge is 2.21. The second-order valence-electron chi connectivity index (χ2n) is 6.61. The normalized spacial score (nSPS) is 13.8. The molecular formula is C18H25N3O2. The Morgan fingerprint density at radius 3 is 2.83 bits per heavy atom. The Morgan fingerprint density at radius 1 is 1.39 bits per heavy atom. The standard InChI is InChI=1S/C18H25N3O2/c1-14(2)8-9-18(3,23)13-19-17(22)15-6-4-7-16(12-15)21-11-5-10-20-21/h4-7,10-12,14,23H,8-9,13H2,1-3H3,(H,19,22). The Labute approximate surface area is 137 Å². The van der Waals surface area contributed by atoms with Gasteiger partial charge in [0, 0.05) is 24.5 Å². The molecule has 1 atom stereocenters. The van der Waals surface area contributed by atoms with Crippen LogP contribution in [-0.2, 0) is 0 Å². The van der Waals surface area contributed by atoms with Gasteiger partial charge in [-0.3, -0.25) is 4.79 Å². The van der Waals surface area contributed by atoms with Crippen LogP contribution in [0, 0.1) is 5.92 Å². The molecule has 1 aromatic carbocycles. The molecular weight excluding hydrogens is 290 g/mol. The lowest BCUT2D eigenvalue weighted by molar-refractivity contribution is 0.0429. The number of nitrogens with one attached hydrogen (secondary N) is 1. The van der Waals surface area contributed by atoms with Gasteiger partial charge in [-0.2, -0.15) is 5.10 Å². The number of carbonyl (C=O) groups excluding carboxylic acids is 1. The molecule has 23 heavy (non-hydrogen) atoms. The Morgan fingerprint density at radius 2 is 2.17 bits per heavy atom. The van der Waals surface area contributed by atoms with Crippen LogP contribution in [0.15, 0.2) is 42.7 Å². The molecule has 124 valence electrons. The highest BCUT2D eigenvalue weighted by molar-refractivity contribution is 5.94. The zero-order valence-electron chi connectivity index (χ0n) is 14.0. The maximum absolute atomic E-state index is 12.3. The summed E-state index contributed by atoms with van der Waals surface area (Å²) in [4.78, 5) is 12.3. The summed E-state index contributed by atoms with van der Waals surface area (Å²) in [5, 5.41) is 17.3. The monoisotopic (exact) mass is 315 g/mol. The summed E-state index contributed by atoms with van der Waals surface area (Å²) in [5.74, 6) is 0.340. The fourth-order valence-corrected chi connectivity index (χ4v) is 2.27. The molecule has 2 N–H and O–H groups in total. The number of rotatable bonds is 7. The molecule has 0 saturated carbocycles. The summed E-state index contributed by atoms with van der Waals surface area (Å²) in [7, 11) is 0. The van der Waals surface area contributed by atoms with E-state index in [1.54, 1.807) is 29.9 Å². The van der Waals surface area contributed by atoms with Crippen molar-refractivity contribution in [1.29, 1.82) is 0 Å². The van der Waals surface area contributed by atoms with Crippen molar-refractivity contribution in [2.45, 2.75) is 39.2 Å². The van der Waals surface area contributed by atoms with Crippen molar-refractivity contribution in [1.82, 2.24) is 15.1 Å². The number of aliphatic hydroxyl groups is 1. The minimum absolute atomic E-state index is 0.191. The van der Waals surface area contributed by atoms with E-state index in [1.165, 1.54) is 0 Å². The van der Waals surface area contributed by atoms with Gasteiger partial charge < -0.3 is 10.4 Å². The van der Waals surface area contributed by atoms with Gasteiger partial charge in [0.05, 0.1) is 11.3 Å². The summed E-state index contributed by atoms with van der Waals surface area (Å²) < 4.78 is 1.70. The van der Waals surface area contributed by atoms with E-state index in [-0.39, 0.29) is 12.5 Å². The molecule has 0 aliphatic rings. The van der Waals surface area contributed by atoms with Crippen LogP contribution in [0.25, 0.3) is 5.69 Å².